The molecule has 2 aliphatic carbocycles. The molecule has 13 rings (SSSR count). The standard InChI is InChI=1S/C60H42O/c1-59(2)48-26-13-11-23-45(48)53-54-47-24-12-14-27-50(47)61-58(54)55-46-33-32-38(34-49(46)60(3,4)57(55)56(53)59)52-43-21-9-7-19-41(43)51(42-20-8-10-22-44(42)52)37-30-28-36(29-31-37)40-25-15-17-35-16-5-6-18-39(35)40/h5-34H,1-4H3. The van der Waals surface area contributed by atoms with Crippen molar-refractivity contribution in [2.75, 3.05) is 0 Å². The molecule has 0 N–H and O–H groups in total. The lowest BCUT2D eigenvalue weighted by Gasteiger charge is -2.31. The summed E-state index contributed by atoms with van der Waals surface area (Å²) in [5.74, 6) is 0. The van der Waals surface area contributed by atoms with Crippen LogP contribution in [0.1, 0.15) is 49.9 Å². The van der Waals surface area contributed by atoms with Crippen molar-refractivity contribution in [3.8, 4) is 55.6 Å². The Balaban J connectivity index is 1.03. The largest absolute Gasteiger partial charge is 0.455 e. The Kier molecular flexibility index (Phi) is 6.91. The van der Waals surface area contributed by atoms with Gasteiger partial charge in [-0.25, -0.2) is 0 Å². The van der Waals surface area contributed by atoms with Crippen LogP contribution in [0.2, 0.25) is 0 Å². The van der Waals surface area contributed by atoms with Crippen molar-refractivity contribution in [1.82, 2.24) is 0 Å². The minimum Gasteiger partial charge on any atom is -0.455 e. The van der Waals surface area contributed by atoms with Crippen molar-refractivity contribution in [1.29, 1.82) is 0 Å². The predicted octanol–water partition coefficient (Wildman–Crippen LogP) is 16.7. The molecule has 288 valence electrons. The molecule has 1 nitrogen and oxygen atoms in total. The van der Waals surface area contributed by atoms with Crippen LogP contribution in [-0.2, 0) is 10.8 Å². The molecule has 0 aliphatic heterocycles. The lowest BCUT2D eigenvalue weighted by Crippen LogP contribution is -2.24. The third-order valence-corrected chi connectivity index (χ3v) is 14.4. The molecule has 0 unspecified atom stereocenters. The maximum atomic E-state index is 6.99. The van der Waals surface area contributed by atoms with Gasteiger partial charge in [-0.05, 0) is 117 Å². The number of rotatable bonds is 3. The van der Waals surface area contributed by atoms with Crippen LogP contribution in [0.25, 0.3) is 110 Å². The molecule has 2 aliphatic rings. The Morgan fingerprint density at radius 2 is 0.836 bits per heavy atom. The number of furan rings is 1. The maximum absolute atomic E-state index is 6.99. The lowest BCUT2D eigenvalue weighted by molar-refractivity contribution is 0.600. The first-order chi connectivity index (χ1) is 29.8. The molecular weight excluding hydrogens is 737 g/mol. The van der Waals surface area contributed by atoms with E-state index >= 15 is 0 Å². The Morgan fingerprint density at radius 1 is 0.344 bits per heavy atom. The summed E-state index contributed by atoms with van der Waals surface area (Å²) in [7, 11) is 0. The van der Waals surface area contributed by atoms with Crippen LogP contribution >= 0.6 is 0 Å². The molecule has 1 aromatic heterocycles. The molecule has 1 heteroatoms. The van der Waals surface area contributed by atoms with Crippen molar-refractivity contribution in [3.05, 3.63) is 204 Å². The van der Waals surface area contributed by atoms with Crippen molar-refractivity contribution in [2.45, 2.75) is 38.5 Å². The third-order valence-electron chi connectivity index (χ3n) is 14.4. The molecule has 0 saturated carbocycles. The normalized spacial score (nSPS) is 14.5. The second kappa shape index (κ2) is 12.2. The van der Waals surface area contributed by atoms with Gasteiger partial charge in [0.15, 0.2) is 0 Å². The SMILES string of the molecule is CC1(C)c2cc(-c3c4ccccc4c(-c4ccc(-c5cccc6ccccc56)cc4)c4ccccc34)ccc2-c2c1c1c(c3c2oc2ccccc23)-c2ccccc2C1(C)C. The molecule has 0 fully saturated rings. The average molecular weight is 779 g/mol. The monoisotopic (exact) mass is 778 g/mol. The highest BCUT2D eigenvalue weighted by molar-refractivity contribution is 6.23. The average Bonchev–Trinajstić information content (AvgIpc) is 3.87. The Bertz CT molecular complexity index is 3620. The van der Waals surface area contributed by atoms with Gasteiger partial charge in [-0.15, -0.1) is 0 Å². The van der Waals surface area contributed by atoms with Crippen LogP contribution in [-0.4, -0.2) is 0 Å². The molecule has 61 heavy (non-hydrogen) atoms. The minimum atomic E-state index is -0.283. The zero-order valence-electron chi connectivity index (χ0n) is 34.7. The number of para-hydroxylation sites is 1. The van der Waals surface area contributed by atoms with Gasteiger partial charge in [0, 0.05) is 27.2 Å². The summed E-state index contributed by atoms with van der Waals surface area (Å²) >= 11 is 0. The summed E-state index contributed by atoms with van der Waals surface area (Å²) < 4.78 is 6.99. The van der Waals surface area contributed by atoms with E-state index in [-0.39, 0.29) is 10.8 Å². The van der Waals surface area contributed by atoms with Crippen LogP contribution in [0.4, 0.5) is 0 Å². The second-order valence-electron chi connectivity index (χ2n) is 18.3. The van der Waals surface area contributed by atoms with Gasteiger partial charge in [0.25, 0.3) is 0 Å². The van der Waals surface area contributed by atoms with E-state index < -0.39 is 0 Å². The Hall–Kier alpha value is -7.22. The second-order valence-corrected chi connectivity index (χ2v) is 18.3. The number of benzene rings is 10. The molecule has 1 heterocycles. The Labute approximate surface area is 355 Å². The highest BCUT2D eigenvalue weighted by Crippen LogP contribution is 2.63. The van der Waals surface area contributed by atoms with Gasteiger partial charge in [0.1, 0.15) is 11.2 Å². The van der Waals surface area contributed by atoms with Gasteiger partial charge in [-0.3, -0.25) is 0 Å². The van der Waals surface area contributed by atoms with Gasteiger partial charge in [0.05, 0.1) is 0 Å². The van der Waals surface area contributed by atoms with Crippen LogP contribution < -0.4 is 0 Å². The first kappa shape index (κ1) is 34.6. The van der Waals surface area contributed by atoms with Crippen LogP contribution in [0.15, 0.2) is 186 Å². The fourth-order valence-corrected chi connectivity index (χ4v) is 11.7. The molecule has 0 radical (unpaired) electrons. The summed E-state index contributed by atoms with van der Waals surface area (Å²) in [6, 6.07) is 67.5. The van der Waals surface area contributed by atoms with E-state index in [9.17, 15) is 0 Å². The van der Waals surface area contributed by atoms with E-state index in [0.717, 1.165) is 11.2 Å². The molecule has 0 spiro atoms. The van der Waals surface area contributed by atoms with Crippen LogP contribution in [0, 0.1) is 0 Å². The van der Waals surface area contributed by atoms with Gasteiger partial charge < -0.3 is 4.42 Å². The number of hydrogen-bond donors (Lipinski definition) is 0. The predicted molar refractivity (Wildman–Crippen MR) is 258 cm³/mol. The molecule has 0 atom stereocenters. The van der Waals surface area contributed by atoms with Crippen LogP contribution in [0.5, 0.6) is 0 Å². The Morgan fingerprint density at radius 3 is 1.56 bits per heavy atom. The van der Waals surface area contributed by atoms with E-state index in [4.69, 9.17) is 4.42 Å². The zero-order chi connectivity index (χ0) is 40.8. The molecular formula is C60H42O. The van der Waals surface area contributed by atoms with Crippen molar-refractivity contribution in [3.63, 3.8) is 0 Å². The van der Waals surface area contributed by atoms with E-state index in [1.54, 1.807) is 0 Å². The summed E-state index contributed by atoms with van der Waals surface area (Å²) in [6.45, 7) is 9.73. The summed E-state index contributed by atoms with van der Waals surface area (Å²) in [5.41, 5.74) is 19.8. The molecule has 11 aromatic rings. The fraction of sp³-hybridized carbons (Fsp3) is 0.100. The smallest absolute Gasteiger partial charge is 0.144 e. The van der Waals surface area contributed by atoms with Crippen molar-refractivity contribution >= 4 is 54.3 Å². The molecule has 10 aromatic carbocycles. The van der Waals surface area contributed by atoms with Gasteiger partial charge >= 0.3 is 0 Å². The number of hydrogen-bond acceptors (Lipinski definition) is 1. The van der Waals surface area contributed by atoms with E-state index in [1.165, 1.54) is 121 Å². The minimum absolute atomic E-state index is 0.181. The van der Waals surface area contributed by atoms with E-state index in [1.807, 2.05) is 0 Å². The quantitative estimate of drug-likeness (QED) is 0.163. The van der Waals surface area contributed by atoms with Crippen molar-refractivity contribution < 1.29 is 4.42 Å². The van der Waals surface area contributed by atoms with E-state index in [0.29, 0.717) is 0 Å². The number of fused-ring (bicyclic) bond motifs is 15. The van der Waals surface area contributed by atoms with E-state index in [2.05, 4.69) is 210 Å². The van der Waals surface area contributed by atoms with Gasteiger partial charge in [-0.2, -0.15) is 0 Å². The zero-order valence-corrected chi connectivity index (χ0v) is 34.7. The lowest BCUT2D eigenvalue weighted by atomic mass is 9.72. The van der Waals surface area contributed by atoms with Crippen LogP contribution in [0.3, 0.4) is 0 Å². The molecule has 0 bridgehead atoms. The van der Waals surface area contributed by atoms with Crippen molar-refractivity contribution in [2.24, 2.45) is 0 Å². The first-order valence-corrected chi connectivity index (χ1v) is 21.6. The summed E-state index contributed by atoms with van der Waals surface area (Å²) in [6.07, 6.45) is 0. The first-order valence-electron chi connectivity index (χ1n) is 21.6. The topological polar surface area (TPSA) is 13.1 Å². The third kappa shape index (κ3) is 4.56. The highest BCUT2D eigenvalue weighted by Gasteiger charge is 2.48. The molecule has 0 saturated heterocycles. The van der Waals surface area contributed by atoms with Gasteiger partial charge in [-0.1, -0.05) is 198 Å². The van der Waals surface area contributed by atoms with Gasteiger partial charge in [0.2, 0.25) is 0 Å². The fourth-order valence-electron chi connectivity index (χ4n) is 11.7. The highest BCUT2D eigenvalue weighted by atomic mass is 16.3. The maximum Gasteiger partial charge on any atom is 0.144 e. The molecule has 0 amide bonds. The summed E-state index contributed by atoms with van der Waals surface area (Å²) in [4.78, 5) is 0. The summed E-state index contributed by atoms with van der Waals surface area (Å²) in [5, 5.41) is 10.0.